The van der Waals surface area contributed by atoms with Crippen molar-refractivity contribution in [1.82, 2.24) is 0 Å². The summed E-state index contributed by atoms with van der Waals surface area (Å²) in [5.41, 5.74) is 5.27. The molecule has 1 aliphatic rings. The van der Waals surface area contributed by atoms with Crippen LogP contribution >= 0.6 is 0 Å². The summed E-state index contributed by atoms with van der Waals surface area (Å²) in [7, 11) is 0. The number of benzene rings is 3. The van der Waals surface area contributed by atoms with Crippen molar-refractivity contribution in [3.63, 3.8) is 0 Å². The first-order valence-corrected chi connectivity index (χ1v) is 7.85. The molecule has 0 saturated carbocycles. The molecule has 0 amide bonds. The molecule has 1 aliphatic heterocycles. The van der Waals surface area contributed by atoms with Gasteiger partial charge in [0.25, 0.3) is 0 Å². The number of para-hydroxylation sites is 1. The van der Waals surface area contributed by atoms with E-state index in [1.807, 2.05) is 42.5 Å². The number of hydrogen-bond acceptors (Lipinski definition) is 2. The molecule has 3 aromatic carbocycles. The van der Waals surface area contributed by atoms with Gasteiger partial charge in [-0.05, 0) is 28.8 Å². The first-order valence-electron chi connectivity index (χ1n) is 7.85. The Labute approximate surface area is 135 Å². The van der Waals surface area contributed by atoms with E-state index < -0.39 is 0 Å². The smallest absolute Gasteiger partial charge is 0.167 e. The molecule has 0 fully saturated rings. The number of anilines is 1. The lowest BCUT2D eigenvalue weighted by Gasteiger charge is -2.26. The molecule has 1 atom stereocenters. The SMILES string of the molecule is O=C1CC(c2ccc(-c3ccccc3)cc2)Nc2ccccc21. The van der Waals surface area contributed by atoms with Crippen molar-refractivity contribution in [2.45, 2.75) is 12.5 Å². The van der Waals surface area contributed by atoms with Crippen LogP contribution in [0.1, 0.15) is 28.4 Å². The van der Waals surface area contributed by atoms with E-state index in [-0.39, 0.29) is 11.8 Å². The highest BCUT2D eigenvalue weighted by molar-refractivity contribution is 6.03. The van der Waals surface area contributed by atoms with Crippen LogP contribution in [-0.4, -0.2) is 5.78 Å². The van der Waals surface area contributed by atoms with Crippen molar-refractivity contribution in [3.8, 4) is 11.1 Å². The minimum atomic E-state index is 0.0437. The summed E-state index contributed by atoms with van der Waals surface area (Å²) >= 11 is 0. The van der Waals surface area contributed by atoms with E-state index in [9.17, 15) is 4.79 Å². The summed E-state index contributed by atoms with van der Waals surface area (Å²) in [5.74, 6) is 0.205. The fourth-order valence-electron chi connectivity index (χ4n) is 3.13. The minimum absolute atomic E-state index is 0.0437. The molecule has 0 saturated heterocycles. The van der Waals surface area contributed by atoms with Crippen molar-refractivity contribution in [2.24, 2.45) is 0 Å². The van der Waals surface area contributed by atoms with Gasteiger partial charge >= 0.3 is 0 Å². The maximum atomic E-state index is 12.3. The van der Waals surface area contributed by atoms with E-state index in [2.05, 4.69) is 41.7 Å². The zero-order valence-electron chi connectivity index (χ0n) is 12.7. The molecule has 0 aliphatic carbocycles. The molecular weight excluding hydrogens is 282 g/mol. The summed E-state index contributed by atoms with van der Waals surface area (Å²) in [6.07, 6.45) is 0.502. The molecule has 112 valence electrons. The third-order valence-corrected chi connectivity index (χ3v) is 4.37. The van der Waals surface area contributed by atoms with Gasteiger partial charge in [-0.1, -0.05) is 66.7 Å². The lowest BCUT2D eigenvalue weighted by molar-refractivity contribution is 0.0972. The summed E-state index contributed by atoms with van der Waals surface area (Å²) in [6.45, 7) is 0. The van der Waals surface area contributed by atoms with E-state index in [0.29, 0.717) is 6.42 Å². The Balaban J connectivity index is 1.61. The largest absolute Gasteiger partial charge is 0.377 e. The van der Waals surface area contributed by atoms with Crippen LogP contribution in [0.25, 0.3) is 11.1 Å². The van der Waals surface area contributed by atoms with Crippen molar-refractivity contribution in [2.75, 3.05) is 5.32 Å². The molecule has 2 heteroatoms. The summed E-state index contributed by atoms with van der Waals surface area (Å²) < 4.78 is 0. The topological polar surface area (TPSA) is 29.1 Å². The first-order chi connectivity index (χ1) is 11.3. The third-order valence-electron chi connectivity index (χ3n) is 4.37. The van der Waals surface area contributed by atoms with Crippen LogP contribution in [-0.2, 0) is 0 Å². The van der Waals surface area contributed by atoms with Gasteiger partial charge in [0, 0.05) is 17.7 Å². The number of carbonyl (C=O) groups excluding carboxylic acids is 1. The molecule has 1 heterocycles. The van der Waals surface area contributed by atoms with Gasteiger partial charge in [0.1, 0.15) is 0 Å². The van der Waals surface area contributed by atoms with E-state index in [4.69, 9.17) is 0 Å². The number of fused-ring (bicyclic) bond motifs is 1. The normalized spacial score (nSPS) is 16.5. The van der Waals surface area contributed by atoms with Gasteiger partial charge in [0.05, 0.1) is 6.04 Å². The van der Waals surface area contributed by atoms with Crippen LogP contribution in [0.15, 0.2) is 78.9 Å². The maximum Gasteiger partial charge on any atom is 0.167 e. The molecule has 4 rings (SSSR count). The molecule has 0 spiro atoms. The Morgan fingerprint density at radius 1 is 0.739 bits per heavy atom. The molecular formula is C21H17NO. The van der Waals surface area contributed by atoms with Gasteiger partial charge in [-0.15, -0.1) is 0 Å². The number of Topliss-reactive ketones (excluding diaryl/α,β-unsaturated/α-hetero) is 1. The van der Waals surface area contributed by atoms with Crippen molar-refractivity contribution in [3.05, 3.63) is 90.0 Å². The number of nitrogens with one attached hydrogen (secondary N) is 1. The highest BCUT2D eigenvalue weighted by Crippen LogP contribution is 2.33. The molecule has 1 N–H and O–H groups in total. The van der Waals surface area contributed by atoms with Crippen LogP contribution in [0, 0.1) is 0 Å². The Kier molecular flexibility index (Phi) is 3.43. The van der Waals surface area contributed by atoms with Gasteiger partial charge in [0.2, 0.25) is 0 Å². The predicted molar refractivity (Wildman–Crippen MR) is 93.6 cm³/mol. The monoisotopic (exact) mass is 299 g/mol. The fraction of sp³-hybridized carbons (Fsp3) is 0.0952. The van der Waals surface area contributed by atoms with Crippen LogP contribution in [0.5, 0.6) is 0 Å². The molecule has 2 nitrogen and oxygen atoms in total. The van der Waals surface area contributed by atoms with Crippen molar-refractivity contribution < 1.29 is 4.79 Å². The van der Waals surface area contributed by atoms with Crippen LogP contribution in [0.2, 0.25) is 0 Å². The Morgan fingerprint density at radius 3 is 2.17 bits per heavy atom. The lowest BCUT2D eigenvalue weighted by Crippen LogP contribution is -2.22. The standard InChI is InChI=1S/C21H17NO/c23-21-14-20(22-19-9-5-4-8-18(19)21)17-12-10-16(11-13-17)15-6-2-1-3-7-15/h1-13,20,22H,14H2. The quantitative estimate of drug-likeness (QED) is 0.714. The Bertz CT molecular complexity index is 837. The molecule has 0 radical (unpaired) electrons. The Hall–Kier alpha value is -2.87. The van der Waals surface area contributed by atoms with E-state index in [1.54, 1.807) is 0 Å². The van der Waals surface area contributed by atoms with E-state index in [1.165, 1.54) is 11.1 Å². The number of ketones is 1. The van der Waals surface area contributed by atoms with Gasteiger partial charge < -0.3 is 5.32 Å². The second-order valence-corrected chi connectivity index (χ2v) is 5.86. The predicted octanol–water partition coefficient (Wildman–Crippen LogP) is 5.09. The summed E-state index contributed by atoms with van der Waals surface area (Å²) in [5, 5.41) is 3.48. The van der Waals surface area contributed by atoms with Gasteiger partial charge in [-0.2, -0.15) is 0 Å². The Morgan fingerprint density at radius 2 is 1.39 bits per heavy atom. The zero-order chi connectivity index (χ0) is 15.6. The van der Waals surface area contributed by atoms with E-state index >= 15 is 0 Å². The highest BCUT2D eigenvalue weighted by Gasteiger charge is 2.24. The zero-order valence-corrected chi connectivity index (χ0v) is 12.7. The van der Waals surface area contributed by atoms with Gasteiger partial charge in [-0.25, -0.2) is 0 Å². The third kappa shape index (κ3) is 2.64. The molecule has 0 bridgehead atoms. The van der Waals surface area contributed by atoms with Gasteiger partial charge in [-0.3, -0.25) is 4.79 Å². The number of hydrogen-bond donors (Lipinski definition) is 1. The second kappa shape index (κ2) is 5.73. The minimum Gasteiger partial charge on any atom is -0.377 e. The van der Waals surface area contributed by atoms with Gasteiger partial charge in [0.15, 0.2) is 5.78 Å². The molecule has 3 aromatic rings. The number of carbonyl (C=O) groups is 1. The molecule has 23 heavy (non-hydrogen) atoms. The van der Waals surface area contributed by atoms with Crippen molar-refractivity contribution >= 4 is 11.5 Å². The highest BCUT2D eigenvalue weighted by atomic mass is 16.1. The second-order valence-electron chi connectivity index (χ2n) is 5.86. The summed E-state index contributed by atoms with van der Waals surface area (Å²) in [6, 6.07) is 26.6. The fourth-order valence-corrected chi connectivity index (χ4v) is 3.13. The van der Waals surface area contributed by atoms with E-state index in [0.717, 1.165) is 16.8 Å². The van der Waals surface area contributed by atoms with Crippen LogP contribution in [0.4, 0.5) is 5.69 Å². The van der Waals surface area contributed by atoms with Crippen LogP contribution < -0.4 is 5.32 Å². The first kappa shape index (κ1) is 13.8. The maximum absolute atomic E-state index is 12.3. The summed E-state index contributed by atoms with van der Waals surface area (Å²) in [4.78, 5) is 12.3. The molecule has 1 unspecified atom stereocenters. The van der Waals surface area contributed by atoms with Crippen molar-refractivity contribution in [1.29, 1.82) is 0 Å². The average molecular weight is 299 g/mol. The van der Waals surface area contributed by atoms with Crippen LogP contribution in [0.3, 0.4) is 0 Å². The number of rotatable bonds is 2. The lowest BCUT2D eigenvalue weighted by atomic mass is 9.91. The molecule has 0 aromatic heterocycles. The average Bonchev–Trinajstić information content (AvgIpc) is 2.63.